The van der Waals surface area contributed by atoms with Crippen molar-refractivity contribution in [2.45, 2.75) is 37.4 Å². The normalized spacial score (nSPS) is 27.2. The van der Waals surface area contributed by atoms with Crippen LogP contribution >= 0.6 is 0 Å². The lowest BCUT2D eigenvalue weighted by molar-refractivity contribution is -0.148. The fourth-order valence-electron chi connectivity index (χ4n) is 3.51. The topological polar surface area (TPSA) is 32.3 Å². The van der Waals surface area contributed by atoms with Crippen LogP contribution in [0.5, 0.6) is 0 Å². The molecule has 2 aliphatic rings. The molecule has 1 aromatic carbocycles. The fraction of sp³-hybridized carbons (Fsp3) is 0.588. The van der Waals surface area contributed by atoms with Gasteiger partial charge in [0.15, 0.2) is 11.6 Å². The predicted octanol–water partition coefficient (Wildman–Crippen LogP) is 3.21. The third-order valence-corrected chi connectivity index (χ3v) is 4.76. The first-order valence-electron chi connectivity index (χ1n) is 8.28. The van der Waals surface area contributed by atoms with Gasteiger partial charge in [0, 0.05) is 18.5 Å². The number of likely N-dealkylation sites (tertiary alicyclic amines) is 1. The van der Waals surface area contributed by atoms with Crippen molar-refractivity contribution in [3.8, 4) is 0 Å². The molecule has 8 heteroatoms. The highest BCUT2D eigenvalue weighted by molar-refractivity contribution is 5.83. The highest BCUT2D eigenvalue weighted by atomic mass is 19.4. The zero-order chi connectivity index (χ0) is 18.2. The second-order valence-corrected chi connectivity index (χ2v) is 6.79. The summed E-state index contributed by atoms with van der Waals surface area (Å²) in [5.74, 6) is -3.00. The molecule has 0 spiro atoms. The molecule has 1 saturated heterocycles. The molecule has 0 bridgehead atoms. The van der Waals surface area contributed by atoms with E-state index >= 15 is 0 Å². The lowest BCUT2D eigenvalue weighted by Gasteiger charge is -2.33. The van der Waals surface area contributed by atoms with Gasteiger partial charge in [-0.2, -0.15) is 13.2 Å². The van der Waals surface area contributed by atoms with Crippen molar-refractivity contribution in [3.05, 3.63) is 35.4 Å². The van der Waals surface area contributed by atoms with Gasteiger partial charge in [-0.25, -0.2) is 8.78 Å². The van der Waals surface area contributed by atoms with E-state index in [1.54, 1.807) is 0 Å². The van der Waals surface area contributed by atoms with Crippen LogP contribution in [0.25, 0.3) is 0 Å². The lowest BCUT2D eigenvalue weighted by atomic mass is 10.0. The quantitative estimate of drug-likeness (QED) is 0.835. The number of halogens is 5. The molecule has 1 aromatic rings. The average molecular weight is 362 g/mol. The van der Waals surface area contributed by atoms with Crippen molar-refractivity contribution >= 4 is 5.91 Å². The number of rotatable bonds is 4. The van der Waals surface area contributed by atoms with Crippen LogP contribution < -0.4 is 5.32 Å². The van der Waals surface area contributed by atoms with Crippen LogP contribution in [0.3, 0.4) is 0 Å². The summed E-state index contributed by atoms with van der Waals surface area (Å²) in [4.78, 5) is 13.6. The summed E-state index contributed by atoms with van der Waals surface area (Å²) in [7, 11) is 0. The number of amides is 1. The third kappa shape index (κ3) is 4.48. The van der Waals surface area contributed by atoms with Gasteiger partial charge < -0.3 is 5.32 Å². The first-order chi connectivity index (χ1) is 11.7. The zero-order valence-corrected chi connectivity index (χ0v) is 13.5. The molecule has 1 amide bonds. The van der Waals surface area contributed by atoms with Crippen molar-refractivity contribution in [1.82, 2.24) is 10.2 Å². The third-order valence-electron chi connectivity index (χ3n) is 4.76. The molecule has 1 saturated carbocycles. The van der Waals surface area contributed by atoms with Gasteiger partial charge in [-0.05, 0) is 43.4 Å². The van der Waals surface area contributed by atoms with Crippen LogP contribution in [0.15, 0.2) is 18.2 Å². The van der Waals surface area contributed by atoms with Crippen LogP contribution in [0.4, 0.5) is 22.0 Å². The Bertz CT molecular complexity index is 648. The Labute approximate surface area is 142 Å². The Morgan fingerprint density at radius 3 is 2.76 bits per heavy atom. The largest absolute Gasteiger partial charge is 0.401 e. The molecule has 0 unspecified atom stereocenters. The lowest BCUT2D eigenvalue weighted by Crippen LogP contribution is -2.50. The van der Waals surface area contributed by atoms with Gasteiger partial charge in [0.2, 0.25) is 5.91 Å². The van der Waals surface area contributed by atoms with E-state index < -0.39 is 30.3 Å². The van der Waals surface area contributed by atoms with Crippen LogP contribution in [0.1, 0.15) is 30.7 Å². The summed E-state index contributed by atoms with van der Waals surface area (Å²) >= 11 is 0. The summed E-state index contributed by atoms with van der Waals surface area (Å²) in [6.07, 6.45) is -2.65. The van der Waals surface area contributed by atoms with Crippen LogP contribution in [-0.4, -0.2) is 42.7 Å². The molecule has 25 heavy (non-hydrogen) atoms. The van der Waals surface area contributed by atoms with Crippen molar-refractivity contribution in [3.63, 3.8) is 0 Å². The smallest absolute Gasteiger partial charge is 0.352 e. The summed E-state index contributed by atoms with van der Waals surface area (Å²) < 4.78 is 64.5. The van der Waals surface area contributed by atoms with Crippen LogP contribution in [0, 0.1) is 17.6 Å². The van der Waals surface area contributed by atoms with E-state index in [0.717, 1.165) is 6.07 Å². The number of carbonyl (C=O) groups is 1. The Balaban J connectivity index is 1.54. The maximum atomic E-state index is 13.8. The van der Waals surface area contributed by atoms with E-state index in [2.05, 4.69) is 5.32 Å². The number of nitrogens with one attached hydrogen (secondary N) is 1. The number of alkyl halides is 3. The maximum Gasteiger partial charge on any atom is 0.401 e. The van der Waals surface area contributed by atoms with E-state index in [0.29, 0.717) is 25.8 Å². The number of hydrogen-bond donors (Lipinski definition) is 1. The molecule has 1 N–H and O–H groups in total. The van der Waals surface area contributed by atoms with Gasteiger partial charge in [-0.15, -0.1) is 0 Å². The molecule has 0 aromatic heterocycles. The number of piperidine rings is 1. The molecule has 1 aliphatic heterocycles. The molecule has 3 rings (SSSR count). The van der Waals surface area contributed by atoms with Gasteiger partial charge in [-0.1, -0.05) is 12.1 Å². The van der Waals surface area contributed by atoms with Crippen molar-refractivity contribution < 1.29 is 26.7 Å². The number of benzene rings is 1. The Morgan fingerprint density at radius 1 is 1.28 bits per heavy atom. The van der Waals surface area contributed by atoms with E-state index in [-0.39, 0.29) is 30.0 Å². The van der Waals surface area contributed by atoms with Gasteiger partial charge in [-0.3, -0.25) is 9.69 Å². The van der Waals surface area contributed by atoms with Gasteiger partial charge in [0.25, 0.3) is 0 Å². The molecule has 2 fully saturated rings. The molecular formula is C17H19F5N2O. The summed E-state index contributed by atoms with van der Waals surface area (Å²) in [5.41, 5.74) is 0.183. The summed E-state index contributed by atoms with van der Waals surface area (Å²) in [5, 5.41) is 2.77. The first kappa shape index (κ1) is 18.1. The Kier molecular flexibility index (Phi) is 4.99. The monoisotopic (exact) mass is 362 g/mol. The highest BCUT2D eigenvalue weighted by Crippen LogP contribution is 2.48. The first-order valence-corrected chi connectivity index (χ1v) is 8.28. The maximum absolute atomic E-state index is 13.8. The van der Waals surface area contributed by atoms with Gasteiger partial charge >= 0.3 is 6.18 Å². The van der Waals surface area contributed by atoms with E-state index in [9.17, 15) is 26.7 Å². The van der Waals surface area contributed by atoms with Crippen molar-refractivity contribution in [2.24, 2.45) is 5.92 Å². The molecule has 3 nitrogen and oxygen atoms in total. The van der Waals surface area contributed by atoms with E-state index in [4.69, 9.17) is 0 Å². The van der Waals surface area contributed by atoms with Crippen molar-refractivity contribution in [2.75, 3.05) is 19.6 Å². The zero-order valence-electron chi connectivity index (χ0n) is 13.5. The van der Waals surface area contributed by atoms with Crippen molar-refractivity contribution in [1.29, 1.82) is 0 Å². The standard InChI is InChI=1S/C17H19F5N2O/c18-14-5-1-4-11(15(14)19)12-7-13(12)16(25)23-10-3-2-6-24(8-10)9-17(20,21)22/h1,4-5,10,12-13H,2-3,6-9H2,(H,23,25)/t10-,12-,13+/m1/s1. The number of hydrogen-bond acceptors (Lipinski definition) is 2. The molecule has 0 radical (unpaired) electrons. The second-order valence-electron chi connectivity index (χ2n) is 6.79. The average Bonchev–Trinajstić information content (AvgIpc) is 3.29. The summed E-state index contributed by atoms with van der Waals surface area (Å²) in [6.45, 7) is -0.483. The van der Waals surface area contributed by atoms with Gasteiger partial charge in [0.1, 0.15) is 0 Å². The minimum Gasteiger partial charge on any atom is -0.352 e. The predicted molar refractivity (Wildman–Crippen MR) is 80.9 cm³/mol. The minimum absolute atomic E-state index is 0.150. The minimum atomic E-state index is -4.26. The Hall–Kier alpha value is -1.70. The molecule has 3 atom stereocenters. The Morgan fingerprint density at radius 2 is 2.04 bits per heavy atom. The fourth-order valence-corrected chi connectivity index (χ4v) is 3.51. The highest BCUT2D eigenvalue weighted by Gasteiger charge is 2.46. The van der Waals surface area contributed by atoms with Crippen LogP contribution in [-0.2, 0) is 4.79 Å². The van der Waals surface area contributed by atoms with Crippen LogP contribution in [0.2, 0.25) is 0 Å². The van der Waals surface area contributed by atoms with E-state index in [1.807, 2.05) is 0 Å². The SMILES string of the molecule is O=C(N[C@@H]1CCCN(CC(F)(F)F)C1)[C@H]1C[C@@H]1c1cccc(F)c1F. The molecule has 138 valence electrons. The molecule has 1 heterocycles. The molecular weight excluding hydrogens is 343 g/mol. The number of carbonyl (C=O) groups excluding carboxylic acids is 1. The number of nitrogens with zero attached hydrogens (tertiary/aromatic N) is 1. The van der Waals surface area contributed by atoms with Gasteiger partial charge in [0.05, 0.1) is 6.54 Å². The molecule has 1 aliphatic carbocycles. The van der Waals surface area contributed by atoms with E-state index in [1.165, 1.54) is 17.0 Å². The summed E-state index contributed by atoms with van der Waals surface area (Å²) in [6, 6.07) is 3.54. The second kappa shape index (κ2) is 6.90.